The molecule has 0 saturated heterocycles. The number of carbonyl (C=O) groups excluding carboxylic acids is 1. The minimum atomic E-state index is -0.492. The van der Waals surface area contributed by atoms with Crippen molar-refractivity contribution in [3.63, 3.8) is 0 Å². The molecule has 0 spiro atoms. The number of hydrazone groups is 1. The van der Waals surface area contributed by atoms with Gasteiger partial charge >= 0.3 is 0 Å². The molecule has 6 heteroatoms. The standard InChI is InChI=1S/C14H13FN2O3/c1-9-11(5-6-20-9)14(18)17-16-8-10-3-4-13(19-2)12(15)7-10/h3-8H,1-2H3,(H,17,18)/b16-8-. The van der Waals surface area contributed by atoms with Crippen LogP contribution in [0.15, 0.2) is 40.0 Å². The maximum atomic E-state index is 13.4. The molecular weight excluding hydrogens is 263 g/mol. The van der Waals surface area contributed by atoms with Gasteiger partial charge in [0.25, 0.3) is 5.91 Å². The van der Waals surface area contributed by atoms with E-state index >= 15 is 0 Å². The first-order valence-corrected chi connectivity index (χ1v) is 5.83. The molecule has 0 aliphatic carbocycles. The number of methoxy groups -OCH3 is 1. The second-order valence-corrected chi connectivity index (χ2v) is 3.98. The summed E-state index contributed by atoms with van der Waals surface area (Å²) in [4.78, 5) is 11.7. The molecule has 0 unspecified atom stereocenters. The molecule has 1 N–H and O–H groups in total. The van der Waals surface area contributed by atoms with Crippen LogP contribution in [0, 0.1) is 12.7 Å². The first kappa shape index (κ1) is 13.8. The Morgan fingerprint density at radius 3 is 2.85 bits per heavy atom. The SMILES string of the molecule is COc1ccc(/C=N\NC(=O)c2ccoc2C)cc1F. The van der Waals surface area contributed by atoms with Gasteiger partial charge in [-0.2, -0.15) is 5.10 Å². The highest BCUT2D eigenvalue weighted by atomic mass is 19.1. The summed E-state index contributed by atoms with van der Waals surface area (Å²) >= 11 is 0. The normalized spacial score (nSPS) is 10.8. The van der Waals surface area contributed by atoms with Gasteiger partial charge in [0.05, 0.1) is 25.2 Å². The lowest BCUT2D eigenvalue weighted by atomic mass is 10.2. The van der Waals surface area contributed by atoms with Crippen molar-refractivity contribution in [2.45, 2.75) is 6.92 Å². The lowest BCUT2D eigenvalue weighted by Crippen LogP contribution is -2.17. The quantitative estimate of drug-likeness (QED) is 0.689. The Labute approximate surface area is 115 Å². The third-order valence-electron chi connectivity index (χ3n) is 2.66. The Hall–Kier alpha value is -2.63. The summed E-state index contributed by atoms with van der Waals surface area (Å²) in [5.41, 5.74) is 3.25. The van der Waals surface area contributed by atoms with Gasteiger partial charge in [0.1, 0.15) is 5.76 Å². The summed E-state index contributed by atoms with van der Waals surface area (Å²) in [6.45, 7) is 1.68. The summed E-state index contributed by atoms with van der Waals surface area (Å²) in [7, 11) is 1.39. The molecule has 2 aromatic rings. The van der Waals surface area contributed by atoms with Crippen LogP contribution in [0.4, 0.5) is 4.39 Å². The van der Waals surface area contributed by atoms with Crippen LogP contribution in [0.2, 0.25) is 0 Å². The van der Waals surface area contributed by atoms with Gasteiger partial charge in [0.15, 0.2) is 11.6 Å². The molecule has 1 heterocycles. The molecule has 2 rings (SSSR count). The maximum Gasteiger partial charge on any atom is 0.274 e. The Balaban J connectivity index is 2.02. The minimum Gasteiger partial charge on any atom is -0.494 e. The van der Waals surface area contributed by atoms with E-state index in [4.69, 9.17) is 9.15 Å². The number of hydrogen-bond acceptors (Lipinski definition) is 4. The molecule has 0 fully saturated rings. The van der Waals surface area contributed by atoms with E-state index in [1.807, 2.05) is 0 Å². The number of aryl methyl sites for hydroxylation is 1. The van der Waals surface area contributed by atoms with Gasteiger partial charge in [0, 0.05) is 0 Å². The zero-order valence-corrected chi connectivity index (χ0v) is 11.0. The fraction of sp³-hybridized carbons (Fsp3) is 0.143. The third kappa shape index (κ3) is 3.03. The van der Waals surface area contributed by atoms with Crippen molar-refractivity contribution in [1.29, 1.82) is 0 Å². The molecule has 20 heavy (non-hydrogen) atoms. The number of hydrogen-bond donors (Lipinski definition) is 1. The van der Waals surface area contributed by atoms with E-state index in [1.165, 1.54) is 31.7 Å². The van der Waals surface area contributed by atoms with Crippen LogP contribution in [0.3, 0.4) is 0 Å². The predicted octanol–water partition coefficient (Wildman–Crippen LogP) is 2.50. The highest BCUT2D eigenvalue weighted by Gasteiger charge is 2.09. The predicted molar refractivity (Wildman–Crippen MR) is 71.5 cm³/mol. The van der Waals surface area contributed by atoms with Crippen LogP contribution < -0.4 is 10.2 Å². The second kappa shape index (κ2) is 6.01. The van der Waals surface area contributed by atoms with Crippen molar-refractivity contribution in [3.8, 4) is 5.75 Å². The molecule has 104 valence electrons. The molecule has 1 amide bonds. The Morgan fingerprint density at radius 2 is 2.25 bits per heavy atom. The van der Waals surface area contributed by atoms with E-state index < -0.39 is 5.82 Å². The zero-order chi connectivity index (χ0) is 14.5. The number of nitrogens with zero attached hydrogens (tertiary/aromatic N) is 1. The van der Waals surface area contributed by atoms with Crippen molar-refractivity contribution in [1.82, 2.24) is 5.43 Å². The summed E-state index contributed by atoms with van der Waals surface area (Å²) in [6, 6.07) is 5.92. The van der Waals surface area contributed by atoms with Gasteiger partial charge in [-0.05, 0) is 36.8 Å². The van der Waals surface area contributed by atoms with Gasteiger partial charge in [-0.25, -0.2) is 9.82 Å². The van der Waals surface area contributed by atoms with E-state index in [2.05, 4.69) is 10.5 Å². The smallest absolute Gasteiger partial charge is 0.274 e. The van der Waals surface area contributed by atoms with Crippen LogP contribution in [-0.2, 0) is 0 Å². The summed E-state index contributed by atoms with van der Waals surface area (Å²) < 4.78 is 23.2. The van der Waals surface area contributed by atoms with Crippen LogP contribution in [-0.4, -0.2) is 19.2 Å². The third-order valence-corrected chi connectivity index (χ3v) is 2.66. The molecule has 1 aromatic carbocycles. The zero-order valence-electron chi connectivity index (χ0n) is 11.0. The molecule has 0 saturated carbocycles. The lowest BCUT2D eigenvalue weighted by molar-refractivity contribution is 0.0953. The Bertz CT molecular complexity index is 650. The largest absolute Gasteiger partial charge is 0.494 e. The molecule has 0 bridgehead atoms. The molecular formula is C14H13FN2O3. The number of carbonyl (C=O) groups is 1. The molecule has 0 radical (unpaired) electrons. The number of halogens is 1. The van der Waals surface area contributed by atoms with Crippen LogP contribution >= 0.6 is 0 Å². The average Bonchev–Trinajstić information content (AvgIpc) is 2.85. The summed E-state index contributed by atoms with van der Waals surface area (Å²) in [5.74, 6) is -0.219. The van der Waals surface area contributed by atoms with Crippen LogP contribution in [0.5, 0.6) is 5.75 Å². The monoisotopic (exact) mass is 276 g/mol. The summed E-state index contributed by atoms with van der Waals surface area (Å²) in [5, 5.41) is 3.76. The van der Waals surface area contributed by atoms with Crippen molar-refractivity contribution >= 4 is 12.1 Å². The highest BCUT2D eigenvalue weighted by molar-refractivity contribution is 5.95. The first-order valence-electron chi connectivity index (χ1n) is 5.83. The van der Waals surface area contributed by atoms with Gasteiger partial charge in [0.2, 0.25) is 0 Å². The lowest BCUT2D eigenvalue weighted by Gasteiger charge is -2.01. The minimum absolute atomic E-state index is 0.153. The number of rotatable bonds is 4. The van der Waals surface area contributed by atoms with Gasteiger partial charge in [-0.1, -0.05) is 0 Å². The fourth-order valence-electron chi connectivity index (χ4n) is 1.61. The molecule has 5 nitrogen and oxygen atoms in total. The fourth-order valence-corrected chi connectivity index (χ4v) is 1.61. The Morgan fingerprint density at radius 1 is 1.45 bits per heavy atom. The first-order chi connectivity index (χ1) is 9.61. The average molecular weight is 276 g/mol. The maximum absolute atomic E-state index is 13.4. The van der Waals surface area contributed by atoms with Gasteiger partial charge in [-0.3, -0.25) is 4.79 Å². The molecule has 0 atom stereocenters. The van der Waals surface area contributed by atoms with Crippen molar-refractivity contribution < 1.29 is 18.3 Å². The van der Waals surface area contributed by atoms with Gasteiger partial charge in [-0.15, -0.1) is 0 Å². The summed E-state index contributed by atoms with van der Waals surface area (Å²) in [6.07, 6.45) is 2.77. The number of ether oxygens (including phenoxy) is 1. The van der Waals surface area contributed by atoms with Crippen LogP contribution in [0.25, 0.3) is 0 Å². The van der Waals surface area contributed by atoms with Crippen molar-refractivity contribution in [2.75, 3.05) is 7.11 Å². The van der Waals surface area contributed by atoms with E-state index in [0.717, 1.165) is 0 Å². The highest BCUT2D eigenvalue weighted by Crippen LogP contribution is 2.16. The number of benzene rings is 1. The molecule has 0 aliphatic heterocycles. The van der Waals surface area contributed by atoms with E-state index in [1.54, 1.807) is 19.1 Å². The van der Waals surface area contributed by atoms with Crippen molar-refractivity contribution in [2.24, 2.45) is 5.10 Å². The van der Waals surface area contributed by atoms with E-state index in [9.17, 15) is 9.18 Å². The Kier molecular flexibility index (Phi) is 4.14. The number of nitrogens with one attached hydrogen (secondary N) is 1. The molecule has 1 aromatic heterocycles. The molecule has 0 aliphatic rings. The second-order valence-electron chi connectivity index (χ2n) is 3.98. The van der Waals surface area contributed by atoms with E-state index in [0.29, 0.717) is 16.9 Å². The number of furan rings is 1. The van der Waals surface area contributed by atoms with Crippen LogP contribution in [0.1, 0.15) is 21.7 Å². The number of amides is 1. The van der Waals surface area contributed by atoms with E-state index in [-0.39, 0.29) is 11.7 Å². The topological polar surface area (TPSA) is 63.8 Å². The van der Waals surface area contributed by atoms with Gasteiger partial charge < -0.3 is 9.15 Å². The van der Waals surface area contributed by atoms with Crippen molar-refractivity contribution in [3.05, 3.63) is 53.2 Å².